The van der Waals surface area contributed by atoms with Gasteiger partial charge in [0.25, 0.3) is 0 Å². The van der Waals surface area contributed by atoms with Gasteiger partial charge < -0.3 is 5.73 Å². The third-order valence-corrected chi connectivity index (χ3v) is 2.24. The minimum Gasteiger partial charge on any atom is -0.325 e. The Labute approximate surface area is 79.4 Å². The highest BCUT2D eigenvalue weighted by Gasteiger charge is 2.06. The molecule has 1 aromatic heterocycles. The Morgan fingerprint density at radius 3 is 2.69 bits per heavy atom. The second-order valence-electron chi connectivity index (χ2n) is 3.34. The summed E-state index contributed by atoms with van der Waals surface area (Å²) < 4.78 is 0. The van der Waals surface area contributed by atoms with Gasteiger partial charge in [0.2, 0.25) is 0 Å². The van der Waals surface area contributed by atoms with Gasteiger partial charge in [-0.25, -0.2) is 9.97 Å². The third kappa shape index (κ3) is 2.49. The molecule has 0 saturated heterocycles. The first-order valence-electron chi connectivity index (χ1n) is 4.71. The van der Waals surface area contributed by atoms with E-state index in [-0.39, 0.29) is 0 Å². The van der Waals surface area contributed by atoms with Crippen LogP contribution in [0.15, 0.2) is 6.07 Å². The molecule has 0 spiro atoms. The maximum absolute atomic E-state index is 5.54. The van der Waals surface area contributed by atoms with Crippen LogP contribution in [0.2, 0.25) is 0 Å². The standard InChI is InChI=1S/C10H17N3/c1-4-7(2)10-5-9(6-11)12-8(3)13-10/h5,7H,4,6,11H2,1-3H3. The molecule has 0 saturated carbocycles. The Balaban J connectivity index is 3.01. The lowest BCUT2D eigenvalue weighted by molar-refractivity contribution is 0.693. The number of rotatable bonds is 3. The number of nitrogens with zero attached hydrogens (tertiary/aromatic N) is 2. The zero-order chi connectivity index (χ0) is 9.84. The first-order valence-corrected chi connectivity index (χ1v) is 4.71. The van der Waals surface area contributed by atoms with Crippen molar-refractivity contribution in [1.29, 1.82) is 0 Å². The molecule has 0 radical (unpaired) electrons. The monoisotopic (exact) mass is 179 g/mol. The largest absolute Gasteiger partial charge is 0.325 e. The number of aromatic nitrogens is 2. The van der Waals surface area contributed by atoms with Gasteiger partial charge in [-0.1, -0.05) is 13.8 Å². The van der Waals surface area contributed by atoms with E-state index in [1.807, 2.05) is 13.0 Å². The second kappa shape index (κ2) is 4.33. The van der Waals surface area contributed by atoms with Crippen LogP contribution in [-0.2, 0) is 6.54 Å². The van der Waals surface area contributed by atoms with Crippen LogP contribution in [0.1, 0.15) is 43.4 Å². The predicted molar refractivity (Wildman–Crippen MR) is 53.4 cm³/mol. The summed E-state index contributed by atoms with van der Waals surface area (Å²) in [5.41, 5.74) is 7.58. The van der Waals surface area contributed by atoms with Crippen LogP contribution in [0, 0.1) is 6.92 Å². The lowest BCUT2D eigenvalue weighted by Crippen LogP contribution is -2.06. The summed E-state index contributed by atoms with van der Waals surface area (Å²) in [6, 6.07) is 2.00. The molecule has 0 bridgehead atoms. The van der Waals surface area contributed by atoms with Gasteiger partial charge in [0.15, 0.2) is 0 Å². The molecule has 1 rings (SSSR count). The van der Waals surface area contributed by atoms with Crippen molar-refractivity contribution < 1.29 is 0 Å². The average molecular weight is 179 g/mol. The van der Waals surface area contributed by atoms with Crippen LogP contribution >= 0.6 is 0 Å². The summed E-state index contributed by atoms with van der Waals surface area (Å²) in [6.45, 7) is 6.73. The van der Waals surface area contributed by atoms with E-state index in [0.29, 0.717) is 12.5 Å². The van der Waals surface area contributed by atoms with Crippen LogP contribution in [0.25, 0.3) is 0 Å². The fourth-order valence-corrected chi connectivity index (χ4v) is 1.22. The fraction of sp³-hybridized carbons (Fsp3) is 0.600. The minimum absolute atomic E-state index is 0.493. The Morgan fingerprint density at radius 1 is 1.46 bits per heavy atom. The molecule has 0 aliphatic carbocycles. The highest BCUT2D eigenvalue weighted by Crippen LogP contribution is 2.16. The maximum Gasteiger partial charge on any atom is 0.125 e. The maximum atomic E-state index is 5.54. The lowest BCUT2D eigenvalue weighted by Gasteiger charge is -2.09. The molecule has 0 aliphatic heterocycles. The summed E-state index contributed by atoms with van der Waals surface area (Å²) >= 11 is 0. The van der Waals surface area contributed by atoms with Crippen molar-refractivity contribution in [3.63, 3.8) is 0 Å². The molecule has 72 valence electrons. The summed E-state index contributed by atoms with van der Waals surface area (Å²) in [6.07, 6.45) is 1.10. The molecular formula is C10H17N3. The smallest absolute Gasteiger partial charge is 0.125 e. The van der Waals surface area contributed by atoms with Gasteiger partial charge in [-0.15, -0.1) is 0 Å². The van der Waals surface area contributed by atoms with Crippen molar-refractivity contribution in [2.45, 2.75) is 39.7 Å². The topological polar surface area (TPSA) is 51.8 Å². The third-order valence-electron chi connectivity index (χ3n) is 2.24. The van der Waals surface area contributed by atoms with Crippen LogP contribution in [0.5, 0.6) is 0 Å². The van der Waals surface area contributed by atoms with Crippen molar-refractivity contribution >= 4 is 0 Å². The van der Waals surface area contributed by atoms with E-state index in [9.17, 15) is 0 Å². The van der Waals surface area contributed by atoms with E-state index >= 15 is 0 Å². The Bertz CT molecular complexity index is 283. The van der Waals surface area contributed by atoms with Crippen molar-refractivity contribution in [3.8, 4) is 0 Å². The summed E-state index contributed by atoms with van der Waals surface area (Å²) in [5, 5.41) is 0. The number of nitrogens with two attached hydrogens (primary N) is 1. The zero-order valence-electron chi connectivity index (χ0n) is 8.54. The van der Waals surface area contributed by atoms with Gasteiger partial charge in [-0.3, -0.25) is 0 Å². The van der Waals surface area contributed by atoms with Gasteiger partial charge in [0.05, 0.1) is 5.69 Å². The molecular weight excluding hydrogens is 162 g/mol. The first kappa shape index (κ1) is 10.1. The molecule has 0 aliphatic rings. The van der Waals surface area contributed by atoms with Crippen molar-refractivity contribution in [2.24, 2.45) is 5.73 Å². The van der Waals surface area contributed by atoms with E-state index in [1.165, 1.54) is 0 Å². The molecule has 13 heavy (non-hydrogen) atoms. The quantitative estimate of drug-likeness (QED) is 0.769. The predicted octanol–water partition coefficient (Wildman–Crippen LogP) is 1.76. The van der Waals surface area contributed by atoms with E-state index in [2.05, 4.69) is 23.8 Å². The Hall–Kier alpha value is -0.960. The number of aryl methyl sites for hydroxylation is 1. The van der Waals surface area contributed by atoms with Gasteiger partial charge >= 0.3 is 0 Å². The van der Waals surface area contributed by atoms with Crippen molar-refractivity contribution in [3.05, 3.63) is 23.3 Å². The molecule has 2 N–H and O–H groups in total. The lowest BCUT2D eigenvalue weighted by atomic mass is 10.0. The van der Waals surface area contributed by atoms with Crippen LogP contribution in [0.3, 0.4) is 0 Å². The van der Waals surface area contributed by atoms with Crippen molar-refractivity contribution in [1.82, 2.24) is 9.97 Å². The molecule has 0 fully saturated rings. The summed E-state index contributed by atoms with van der Waals surface area (Å²) in [5.74, 6) is 1.31. The zero-order valence-corrected chi connectivity index (χ0v) is 8.54. The first-order chi connectivity index (χ1) is 6.17. The molecule has 1 heterocycles. The number of hydrogen-bond donors (Lipinski definition) is 1. The molecule has 1 unspecified atom stereocenters. The Morgan fingerprint density at radius 2 is 2.15 bits per heavy atom. The highest BCUT2D eigenvalue weighted by atomic mass is 14.9. The van der Waals surface area contributed by atoms with E-state index < -0.39 is 0 Å². The van der Waals surface area contributed by atoms with Gasteiger partial charge in [-0.05, 0) is 25.3 Å². The van der Waals surface area contributed by atoms with E-state index in [4.69, 9.17) is 5.73 Å². The highest BCUT2D eigenvalue weighted by molar-refractivity contribution is 5.14. The van der Waals surface area contributed by atoms with Gasteiger partial charge in [0.1, 0.15) is 5.82 Å². The SMILES string of the molecule is CCC(C)c1cc(CN)nc(C)n1. The molecule has 1 aromatic rings. The molecule has 0 aromatic carbocycles. The average Bonchev–Trinajstić information content (AvgIpc) is 2.15. The van der Waals surface area contributed by atoms with Crippen LogP contribution in [0.4, 0.5) is 0 Å². The van der Waals surface area contributed by atoms with E-state index in [1.54, 1.807) is 0 Å². The van der Waals surface area contributed by atoms with Gasteiger partial charge in [-0.2, -0.15) is 0 Å². The molecule has 0 amide bonds. The Kier molecular flexibility index (Phi) is 3.37. The van der Waals surface area contributed by atoms with Crippen LogP contribution < -0.4 is 5.73 Å². The molecule has 3 heteroatoms. The fourth-order valence-electron chi connectivity index (χ4n) is 1.22. The van der Waals surface area contributed by atoms with E-state index in [0.717, 1.165) is 23.6 Å². The molecule has 1 atom stereocenters. The summed E-state index contributed by atoms with van der Waals surface area (Å²) in [7, 11) is 0. The number of hydrogen-bond acceptors (Lipinski definition) is 3. The van der Waals surface area contributed by atoms with Gasteiger partial charge in [0, 0.05) is 12.2 Å². The minimum atomic E-state index is 0.493. The van der Waals surface area contributed by atoms with Crippen molar-refractivity contribution in [2.75, 3.05) is 0 Å². The normalized spacial score (nSPS) is 12.9. The second-order valence-corrected chi connectivity index (χ2v) is 3.34. The summed E-state index contributed by atoms with van der Waals surface area (Å²) in [4.78, 5) is 8.62. The van der Waals surface area contributed by atoms with Crippen LogP contribution in [-0.4, -0.2) is 9.97 Å². The molecule has 3 nitrogen and oxygen atoms in total.